The van der Waals surface area contributed by atoms with Gasteiger partial charge in [-0.15, -0.1) is 0 Å². The molecule has 0 amide bonds. The number of rotatable bonds is 6. The number of benzene rings is 1. The minimum absolute atomic E-state index is 0.104. The molecule has 0 saturated carbocycles. The number of piperidine rings is 1. The van der Waals surface area contributed by atoms with Gasteiger partial charge in [0.25, 0.3) is 16.7 Å². The molecule has 0 bridgehead atoms. The van der Waals surface area contributed by atoms with Crippen LogP contribution < -0.4 is 4.72 Å². The van der Waals surface area contributed by atoms with Crippen LogP contribution in [-0.4, -0.2) is 61.9 Å². The third-order valence-corrected chi connectivity index (χ3v) is 7.38. The lowest BCUT2D eigenvalue weighted by Crippen LogP contribution is -2.47. The van der Waals surface area contributed by atoms with Gasteiger partial charge in [0.1, 0.15) is 0 Å². The van der Waals surface area contributed by atoms with E-state index in [1.54, 1.807) is 4.31 Å². The molecule has 29 heavy (non-hydrogen) atoms. The molecular weight excluding hydrogens is 390 g/mol. The monoisotopic (exact) mass is 425 g/mol. The summed E-state index contributed by atoms with van der Waals surface area (Å²) < 4.78 is 30.1. The Bertz CT molecular complexity index is 683. The van der Waals surface area contributed by atoms with Gasteiger partial charge >= 0.3 is 0 Å². The number of carboxylic acid groups (broad SMARTS) is 1. The third kappa shape index (κ3) is 7.70. The zero-order valence-electron chi connectivity index (χ0n) is 17.4. The summed E-state index contributed by atoms with van der Waals surface area (Å²) in [6.45, 7) is 5.75. The highest BCUT2D eigenvalue weighted by Gasteiger charge is 2.28. The highest BCUT2D eigenvalue weighted by Crippen LogP contribution is 2.24. The van der Waals surface area contributed by atoms with Crippen molar-refractivity contribution in [2.45, 2.75) is 51.5 Å². The Morgan fingerprint density at radius 3 is 2.17 bits per heavy atom. The van der Waals surface area contributed by atoms with Crippen molar-refractivity contribution in [2.75, 3.05) is 32.7 Å². The second-order valence-electron chi connectivity index (χ2n) is 7.92. The van der Waals surface area contributed by atoms with Crippen molar-refractivity contribution in [1.29, 1.82) is 0 Å². The van der Waals surface area contributed by atoms with Gasteiger partial charge in [-0.25, -0.2) is 4.72 Å². The molecule has 1 aromatic carbocycles. The summed E-state index contributed by atoms with van der Waals surface area (Å²) in [7, 11) is -3.40. The number of carbonyl (C=O) groups is 1. The third-order valence-electron chi connectivity index (χ3n) is 5.81. The highest BCUT2D eigenvalue weighted by molar-refractivity contribution is 7.87. The van der Waals surface area contributed by atoms with Crippen molar-refractivity contribution in [2.24, 2.45) is 5.92 Å². The van der Waals surface area contributed by atoms with Crippen LogP contribution in [0.2, 0.25) is 0 Å². The van der Waals surface area contributed by atoms with Gasteiger partial charge in [0.05, 0.1) is 0 Å². The van der Waals surface area contributed by atoms with Gasteiger partial charge < -0.3 is 5.11 Å². The molecule has 164 valence electrons. The molecule has 1 unspecified atom stereocenters. The summed E-state index contributed by atoms with van der Waals surface area (Å²) in [6.07, 6.45) is 6.84. The second kappa shape index (κ2) is 12.3. The fourth-order valence-electron chi connectivity index (χ4n) is 4.04. The van der Waals surface area contributed by atoms with Crippen LogP contribution >= 0.6 is 0 Å². The number of nitrogens with one attached hydrogen (secondary N) is 1. The molecule has 1 aromatic rings. The summed E-state index contributed by atoms with van der Waals surface area (Å²) in [5, 5.41) is 6.89. The van der Waals surface area contributed by atoms with Crippen molar-refractivity contribution in [3.63, 3.8) is 0 Å². The average Bonchev–Trinajstić information content (AvgIpc) is 2.99. The molecule has 3 rings (SSSR count). The Labute approximate surface area is 175 Å². The SMILES string of the molecule is CC1CCN(S(=O)(=O)NCC(c2ccccc2)N2CCCCCC2)CC1.O=CO. The van der Waals surface area contributed by atoms with Gasteiger partial charge in [0, 0.05) is 25.7 Å². The first kappa shape index (κ1) is 23.8. The Balaban J connectivity index is 0.000000941. The predicted octanol–water partition coefficient (Wildman–Crippen LogP) is 2.87. The minimum Gasteiger partial charge on any atom is -0.483 e. The van der Waals surface area contributed by atoms with E-state index in [1.165, 1.54) is 31.2 Å². The van der Waals surface area contributed by atoms with E-state index < -0.39 is 10.2 Å². The Morgan fingerprint density at radius 1 is 1.07 bits per heavy atom. The van der Waals surface area contributed by atoms with E-state index in [2.05, 4.69) is 28.7 Å². The molecule has 0 spiro atoms. The van der Waals surface area contributed by atoms with Gasteiger partial charge in [-0.1, -0.05) is 50.1 Å². The normalized spacial score (nSPS) is 20.9. The smallest absolute Gasteiger partial charge is 0.290 e. The average molecular weight is 426 g/mol. The summed E-state index contributed by atoms with van der Waals surface area (Å²) in [6, 6.07) is 10.4. The van der Waals surface area contributed by atoms with Crippen molar-refractivity contribution >= 4 is 16.7 Å². The Morgan fingerprint density at radius 2 is 1.62 bits per heavy atom. The first-order valence-electron chi connectivity index (χ1n) is 10.6. The van der Waals surface area contributed by atoms with Crippen molar-refractivity contribution in [3.05, 3.63) is 35.9 Å². The maximum Gasteiger partial charge on any atom is 0.290 e. The fourth-order valence-corrected chi connectivity index (χ4v) is 5.28. The van der Waals surface area contributed by atoms with E-state index in [4.69, 9.17) is 9.90 Å². The number of likely N-dealkylation sites (tertiary alicyclic amines) is 1. The Kier molecular flexibility index (Phi) is 10.1. The van der Waals surface area contributed by atoms with E-state index in [9.17, 15) is 8.42 Å². The molecule has 2 aliphatic rings. The standard InChI is InChI=1S/C20H33N3O2S.CH2O2/c1-18-11-15-23(16-12-18)26(24,25)21-17-20(19-9-5-4-6-10-19)22-13-7-2-3-8-14-22;2-1-3/h4-6,9-10,18,20-21H,2-3,7-8,11-17H2,1H3;1H,(H,2,3). The van der Waals surface area contributed by atoms with Crippen LogP contribution in [0.5, 0.6) is 0 Å². The van der Waals surface area contributed by atoms with Gasteiger partial charge in [-0.05, 0) is 50.3 Å². The second-order valence-corrected chi connectivity index (χ2v) is 9.67. The number of hydrogen-bond acceptors (Lipinski definition) is 4. The molecule has 2 aliphatic heterocycles. The van der Waals surface area contributed by atoms with Crippen LogP contribution in [0.25, 0.3) is 0 Å². The molecule has 1 atom stereocenters. The first-order valence-corrected chi connectivity index (χ1v) is 12.0. The first-order chi connectivity index (χ1) is 14.0. The lowest BCUT2D eigenvalue weighted by atomic mass is 10.0. The quantitative estimate of drug-likeness (QED) is 0.684. The van der Waals surface area contributed by atoms with Gasteiger partial charge in [0.15, 0.2) is 0 Å². The minimum atomic E-state index is -3.40. The van der Waals surface area contributed by atoms with E-state index in [1.807, 2.05) is 18.2 Å². The van der Waals surface area contributed by atoms with E-state index >= 15 is 0 Å². The van der Waals surface area contributed by atoms with Gasteiger partial charge in [-0.2, -0.15) is 12.7 Å². The number of hydrogen-bond donors (Lipinski definition) is 2. The fraction of sp³-hybridized carbons (Fsp3) is 0.667. The van der Waals surface area contributed by atoms with Crippen LogP contribution in [0.15, 0.2) is 30.3 Å². The van der Waals surface area contributed by atoms with Gasteiger partial charge in [0.2, 0.25) is 0 Å². The van der Waals surface area contributed by atoms with E-state index in [0.29, 0.717) is 25.6 Å². The molecule has 7 nitrogen and oxygen atoms in total. The molecule has 0 radical (unpaired) electrons. The maximum atomic E-state index is 12.8. The molecule has 2 N–H and O–H groups in total. The van der Waals surface area contributed by atoms with Crippen LogP contribution in [0.1, 0.15) is 57.1 Å². The van der Waals surface area contributed by atoms with E-state index in [0.717, 1.165) is 25.9 Å². The molecule has 2 saturated heterocycles. The molecular formula is C21H35N3O4S. The maximum absolute atomic E-state index is 12.8. The lowest BCUT2D eigenvalue weighted by molar-refractivity contribution is -0.122. The molecule has 0 aliphatic carbocycles. The molecule has 0 aromatic heterocycles. The zero-order valence-corrected chi connectivity index (χ0v) is 18.2. The van der Waals surface area contributed by atoms with Crippen LogP contribution in [0.3, 0.4) is 0 Å². The van der Waals surface area contributed by atoms with E-state index in [-0.39, 0.29) is 12.5 Å². The van der Waals surface area contributed by atoms with Crippen LogP contribution in [0.4, 0.5) is 0 Å². The Hall–Kier alpha value is -1.48. The highest BCUT2D eigenvalue weighted by atomic mass is 32.2. The van der Waals surface area contributed by atoms with Crippen molar-refractivity contribution in [3.8, 4) is 0 Å². The van der Waals surface area contributed by atoms with Gasteiger partial charge in [-0.3, -0.25) is 9.69 Å². The zero-order chi connectivity index (χ0) is 21.1. The molecule has 2 heterocycles. The van der Waals surface area contributed by atoms with Crippen LogP contribution in [-0.2, 0) is 15.0 Å². The lowest BCUT2D eigenvalue weighted by Gasteiger charge is -2.33. The summed E-state index contributed by atoms with van der Waals surface area (Å²) in [5.41, 5.74) is 1.20. The van der Waals surface area contributed by atoms with Crippen LogP contribution in [0, 0.1) is 5.92 Å². The number of nitrogens with zero attached hydrogens (tertiary/aromatic N) is 2. The topological polar surface area (TPSA) is 90.0 Å². The van der Waals surface area contributed by atoms with Crippen molar-refractivity contribution < 1.29 is 18.3 Å². The summed E-state index contributed by atoms with van der Waals surface area (Å²) >= 11 is 0. The van der Waals surface area contributed by atoms with Crippen molar-refractivity contribution in [1.82, 2.24) is 13.9 Å². The molecule has 8 heteroatoms. The molecule has 2 fully saturated rings. The predicted molar refractivity (Wildman–Crippen MR) is 115 cm³/mol. The summed E-state index contributed by atoms with van der Waals surface area (Å²) in [4.78, 5) is 10.8. The summed E-state index contributed by atoms with van der Waals surface area (Å²) in [5.74, 6) is 0.621. The largest absolute Gasteiger partial charge is 0.483 e.